The molecule has 0 saturated carbocycles. The van der Waals surface area contributed by atoms with Crippen LogP contribution in [-0.2, 0) is 6.54 Å². The van der Waals surface area contributed by atoms with E-state index in [1.54, 1.807) is 12.1 Å². The molecule has 0 aliphatic carbocycles. The Hall–Kier alpha value is -2.37. The van der Waals surface area contributed by atoms with Crippen LogP contribution in [0.4, 0.5) is 18.9 Å². The van der Waals surface area contributed by atoms with Gasteiger partial charge in [-0.1, -0.05) is 12.1 Å². The van der Waals surface area contributed by atoms with Gasteiger partial charge in [0.25, 0.3) is 0 Å². The zero-order valence-electron chi connectivity index (χ0n) is 12.7. The average molecular weight is 325 g/mol. The van der Waals surface area contributed by atoms with Crippen molar-refractivity contribution in [3.05, 3.63) is 54.1 Å². The molecule has 23 heavy (non-hydrogen) atoms. The number of hydrogen-bond donors (Lipinski definition) is 1. The van der Waals surface area contributed by atoms with Gasteiger partial charge in [-0.15, -0.1) is 0 Å². The molecule has 6 heteroatoms. The number of halogens is 3. The van der Waals surface area contributed by atoms with Gasteiger partial charge in [-0.3, -0.25) is 0 Å². The lowest BCUT2D eigenvalue weighted by Crippen LogP contribution is -2.19. The predicted molar refractivity (Wildman–Crippen MR) is 82.9 cm³/mol. The number of hydrogen-bond acceptors (Lipinski definition) is 3. The lowest BCUT2D eigenvalue weighted by atomic mass is 10.2. The predicted octanol–water partition coefficient (Wildman–Crippen LogP) is 4.64. The van der Waals surface area contributed by atoms with E-state index < -0.39 is 12.8 Å². The molecule has 2 aromatic carbocycles. The summed E-state index contributed by atoms with van der Waals surface area (Å²) in [7, 11) is 0. The van der Waals surface area contributed by atoms with E-state index in [0.717, 1.165) is 17.0 Å². The second-order valence-corrected chi connectivity index (χ2v) is 4.86. The van der Waals surface area contributed by atoms with E-state index in [-0.39, 0.29) is 5.75 Å². The van der Waals surface area contributed by atoms with Gasteiger partial charge in [0.1, 0.15) is 11.5 Å². The minimum atomic E-state index is -4.34. The third kappa shape index (κ3) is 6.10. The Morgan fingerprint density at radius 2 is 1.70 bits per heavy atom. The minimum Gasteiger partial charge on any atom is -0.494 e. The fraction of sp³-hybridized carbons (Fsp3) is 0.294. The molecule has 0 aliphatic heterocycles. The van der Waals surface area contributed by atoms with E-state index in [0.29, 0.717) is 13.2 Å². The Morgan fingerprint density at radius 1 is 0.957 bits per heavy atom. The average Bonchev–Trinajstić information content (AvgIpc) is 2.52. The zero-order valence-corrected chi connectivity index (χ0v) is 12.7. The molecule has 124 valence electrons. The lowest BCUT2D eigenvalue weighted by molar-refractivity contribution is -0.153. The third-order valence-electron chi connectivity index (χ3n) is 2.96. The fourth-order valence-electron chi connectivity index (χ4n) is 1.95. The maximum absolute atomic E-state index is 12.2. The van der Waals surface area contributed by atoms with Gasteiger partial charge in [0.05, 0.1) is 6.61 Å². The third-order valence-corrected chi connectivity index (χ3v) is 2.96. The molecular weight excluding hydrogens is 307 g/mol. The van der Waals surface area contributed by atoms with Crippen LogP contribution in [-0.4, -0.2) is 19.4 Å². The monoisotopic (exact) mass is 325 g/mol. The molecule has 0 atom stereocenters. The highest BCUT2D eigenvalue weighted by molar-refractivity contribution is 5.47. The number of rotatable bonds is 7. The summed E-state index contributed by atoms with van der Waals surface area (Å²) < 4.78 is 46.5. The highest BCUT2D eigenvalue weighted by atomic mass is 19.4. The first kappa shape index (κ1) is 17.0. The van der Waals surface area contributed by atoms with Gasteiger partial charge in [0.2, 0.25) is 0 Å². The van der Waals surface area contributed by atoms with Crippen LogP contribution in [0.5, 0.6) is 11.5 Å². The van der Waals surface area contributed by atoms with Crippen LogP contribution >= 0.6 is 0 Å². The number of anilines is 1. The SMILES string of the molecule is CCOc1ccc(NCc2cccc(OCC(F)(F)F)c2)cc1. The minimum absolute atomic E-state index is 0.202. The van der Waals surface area contributed by atoms with E-state index in [1.807, 2.05) is 37.3 Å². The Labute approximate surface area is 133 Å². The first-order valence-electron chi connectivity index (χ1n) is 7.21. The maximum atomic E-state index is 12.2. The van der Waals surface area contributed by atoms with Gasteiger partial charge in [0, 0.05) is 12.2 Å². The Kier molecular flexibility index (Phi) is 5.73. The van der Waals surface area contributed by atoms with Gasteiger partial charge in [-0.2, -0.15) is 13.2 Å². The normalized spacial score (nSPS) is 11.1. The summed E-state index contributed by atoms with van der Waals surface area (Å²) >= 11 is 0. The second-order valence-electron chi connectivity index (χ2n) is 4.86. The van der Waals surface area contributed by atoms with Crippen molar-refractivity contribution in [3.63, 3.8) is 0 Å². The van der Waals surface area contributed by atoms with Crippen molar-refractivity contribution in [3.8, 4) is 11.5 Å². The Bertz CT molecular complexity index is 612. The van der Waals surface area contributed by atoms with Crippen molar-refractivity contribution in [2.75, 3.05) is 18.5 Å². The largest absolute Gasteiger partial charge is 0.494 e. The van der Waals surface area contributed by atoms with E-state index >= 15 is 0 Å². The van der Waals surface area contributed by atoms with Gasteiger partial charge in [-0.25, -0.2) is 0 Å². The highest BCUT2D eigenvalue weighted by Gasteiger charge is 2.28. The molecule has 2 aromatic rings. The van der Waals surface area contributed by atoms with E-state index in [2.05, 4.69) is 5.32 Å². The summed E-state index contributed by atoms with van der Waals surface area (Å²) in [5.74, 6) is 0.994. The first-order chi connectivity index (χ1) is 11.0. The van der Waals surface area contributed by atoms with Crippen molar-refractivity contribution in [2.45, 2.75) is 19.6 Å². The van der Waals surface area contributed by atoms with Crippen LogP contribution in [0.25, 0.3) is 0 Å². The molecule has 0 unspecified atom stereocenters. The first-order valence-corrected chi connectivity index (χ1v) is 7.21. The highest BCUT2D eigenvalue weighted by Crippen LogP contribution is 2.20. The van der Waals surface area contributed by atoms with Crippen LogP contribution in [0.15, 0.2) is 48.5 Å². The maximum Gasteiger partial charge on any atom is 0.422 e. The van der Waals surface area contributed by atoms with Gasteiger partial charge in [0.15, 0.2) is 6.61 Å². The van der Waals surface area contributed by atoms with E-state index in [9.17, 15) is 13.2 Å². The summed E-state index contributed by atoms with van der Waals surface area (Å²) in [6.45, 7) is 1.72. The van der Waals surface area contributed by atoms with Crippen molar-refractivity contribution in [1.29, 1.82) is 0 Å². The summed E-state index contributed by atoms with van der Waals surface area (Å²) in [5, 5.41) is 3.20. The molecule has 0 saturated heterocycles. The molecule has 0 amide bonds. The fourth-order valence-corrected chi connectivity index (χ4v) is 1.95. The smallest absolute Gasteiger partial charge is 0.422 e. The molecule has 0 aliphatic rings. The van der Waals surface area contributed by atoms with Gasteiger partial charge >= 0.3 is 6.18 Å². The van der Waals surface area contributed by atoms with Crippen molar-refractivity contribution in [1.82, 2.24) is 0 Å². The summed E-state index contributed by atoms with van der Waals surface area (Å²) in [5.41, 5.74) is 1.73. The van der Waals surface area contributed by atoms with Gasteiger partial charge in [-0.05, 0) is 48.9 Å². The number of benzene rings is 2. The van der Waals surface area contributed by atoms with Crippen LogP contribution < -0.4 is 14.8 Å². The van der Waals surface area contributed by atoms with Crippen LogP contribution in [0.1, 0.15) is 12.5 Å². The molecule has 0 aromatic heterocycles. The van der Waals surface area contributed by atoms with Crippen LogP contribution in [0, 0.1) is 0 Å². The molecule has 0 fully saturated rings. The zero-order chi connectivity index (χ0) is 16.7. The molecular formula is C17H18F3NO2. The lowest BCUT2D eigenvalue weighted by Gasteiger charge is -2.11. The van der Waals surface area contributed by atoms with Crippen molar-refractivity contribution < 1.29 is 22.6 Å². The number of nitrogens with one attached hydrogen (secondary N) is 1. The Morgan fingerprint density at radius 3 is 2.35 bits per heavy atom. The second kappa shape index (κ2) is 7.76. The van der Waals surface area contributed by atoms with Crippen LogP contribution in [0.3, 0.4) is 0 Å². The number of alkyl halides is 3. The summed E-state index contributed by atoms with van der Waals surface area (Å²) in [4.78, 5) is 0. The van der Waals surface area contributed by atoms with Crippen molar-refractivity contribution >= 4 is 5.69 Å². The molecule has 3 nitrogen and oxygen atoms in total. The molecule has 0 spiro atoms. The topological polar surface area (TPSA) is 30.5 Å². The summed E-state index contributed by atoms with van der Waals surface area (Å²) in [6.07, 6.45) is -4.34. The van der Waals surface area contributed by atoms with Crippen LogP contribution in [0.2, 0.25) is 0 Å². The quantitative estimate of drug-likeness (QED) is 0.804. The summed E-state index contributed by atoms with van der Waals surface area (Å²) in [6, 6.07) is 14.1. The molecule has 0 radical (unpaired) electrons. The molecule has 1 N–H and O–H groups in total. The van der Waals surface area contributed by atoms with E-state index in [1.165, 1.54) is 6.07 Å². The molecule has 0 heterocycles. The Balaban J connectivity index is 1.90. The number of ether oxygens (including phenoxy) is 2. The van der Waals surface area contributed by atoms with Gasteiger partial charge < -0.3 is 14.8 Å². The standard InChI is InChI=1S/C17H18F3NO2/c1-2-22-15-8-6-14(7-9-15)21-11-13-4-3-5-16(10-13)23-12-17(18,19)20/h3-10,21H,2,11-12H2,1H3. The molecule has 2 rings (SSSR count). The van der Waals surface area contributed by atoms with Crippen molar-refractivity contribution in [2.24, 2.45) is 0 Å². The molecule has 0 bridgehead atoms. The van der Waals surface area contributed by atoms with E-state index in [4.69, 9.17) is 9.47 Å².